The van der Waals surface area contributed by atoms with Gasteiger partial charge in [0.05, 0.1) is 6.20 Å². The number of nitrogens with zero attached hydrogens (tertiary/aromatic N) is 5. The van der Waals surface area contributed by atoms with Crippen LogP contribution in [-0.4, -0.2) is 65.3 Å². The van der Waals surface area contributed by atoms with E-state index in [1.165, 1.54) is 16.7 Å². The number of aromatic nitrogens is 2. The number of guanidine groups is 1. The molecule has 2 aliphatic rings. The van der Waals surface area contributed by atoms with E-state index in [2.05, 4.69) is 55.7 Å². The molecule has 1 aromatic carbocycles. The number of rotatable bonds is 4. The monoisotopic (exact) mass is 366 g/mol. The number of aliphatic imine (C=N–C) groups is 1. The van der Waals surface area contributed by atoms with E-state index in [4.69, 9.17) is 0 Å². The molecule has 2 aromatic rings. The molecular weight excluding hydrogens is 336 g/mol. The molecule has 27 heavy (non-hydrogen) atoms. The van der Waals surface area contributed by atoms with Gasteiger partial charge in [-0.05, 0) is 29.5 Å². The number of likely N-dealkylation sites (tertiary alicyclic amines) is 1. The fourth-order valence-electron chi connectivity index (χ4n) is 4.28. The van der Waals surface area contributed by atoms with Gasteiger partial charge in [0.1, 0.15) is 0 Å². The van der Waals surface area contributed by atoms with Gasteiger partial charge in [0, 0.05) is 65.5 Å². The van der Waals surface area contributed by atoms with Crippen molar-refractivity contribution < 1.29 is 0 Å². The van der Waals surface area contributed by atoms with Crippen molar-refractivity contribution in [1.82, 2.24) is 24.9 Å². The van der Waals surface area contributed by atoms with Crippen molar-refractivity contribution in [3.05, 3.63) is 53.3 Å². The second-order valence-corrected chi connectivity index (χ2v) is 7.65. The second-order valence-electron chi connectivity index (χ2n) is 7.65. The van der Waals surface area contributed by atoms with E-state index in [9.17, 15) is 0 Å². The van der Waals surface area contributed by atoms with Crippen LogP contribution >= 0.6 is 0 Å². The summed E-state index contributed by atoms with van der Waals surface area (Å²) in [7, 11) is 3.87. The fourth-order valence-corrected chi connectivity index (χ4v) is 4.28. The Labute approximate surface area is 161 Å². The van der Waals surface area contributed by atoms with Crippen LogP contribution in [0.1, 0.15) is 29.0 Å². The summed E-state index contributed by atoms with van der Waals surface area (Å²) in [5.74, 6) is 1.58. The van der Waals surface area contributed by atoms with Crippen LogP contribution in [0, 0.1) is 0 Å². The van der Waals surface area contributed by atoms with Gasteiger partial charge in [-0.3, -0.25) is 14.6 Å². The molecule has 4 rings (SSSR count). The molecule has 0 aliphatic carbocycles. The van der Waals surface area contributed by atoms with Crippen LogP contribution < -0.4 is 5.32 Å². The average Bonchev–Trinajstić information content (AvgIpc) is 3.34. The third kappa shape index (κ3) is 4.16. The largest absolute Gasteiger partial charge is 0.355 e. The predicted molar refractivity (Wildman–Crippen MR) is 109 cm³/mol. The molecule has 0 amide bonds. The SMILES string of the molecule is CN=C(NCCN1CCc2ccccc2C1)N1CCC(c2cnn(C)c2)C1. The summed E-state index contributed by atoms with van der Waals surface area (Å²) in [4.78, 5) is 9.43. The Morgan fingerprint density at radius 1 is 1.26 bits per heavy atom. The minimum absolute atomic E-state index is 0.552. The number of hydrogen-bond acceptors (Lipinski definition) is 3. The zero-order valence-corrected chi connectivity index (χ0v) is 16.4. The number of aryl methyl sites for hydroxylation is 1. The molecule has 6 heteroatoms. The average molecular weight is 367 g/mol. The van der Waals surface area contributed by atoms with Gasteiger partial charge in [-0.2, -0.15) is 5.10 Å². The first kappa shape index (κ1) is 18.0. The van der Waals surface area contributed by atoms with Crippen molar-refractivity contribution in [1.29, 1.82) is 0 Å². The van der Waals surface area contributed by atoms with Crippen molar-refractivity contribution in [2.24, 2.45) is 12.0 Å². The lowest BCUT2D eigenvalue weighted by Gasteiger charge is -2.29. The summed E-state index contributed by atoms with van der Waals surface area (Å²) in [6, 6.07) is 8.82. The molecule has 0 spiro atoms. The predicted octanol–water partition coefficient (Wildman–Crippen LogP) is 1.84. The molecule has 3 heterocycles. The van der Waals surface area contributed by atoms with E-state index in [1.807, 2.05) is 25.0 Å². The molecule has 1 N–H and O–H groups in total. The summed E-state index contributed by atoms with van der Waals surface area (Å²) >= 11 is 0. The highest BCUT2D eigenvalue weighted by Crippen LogP contribution is 2.26. The van der Waals surface area contributed by atoms with Crippen LogP contribution in [-0.2, 0) is 20.0 Å². The first-order chi connectivity index (χ1) is 13.2. The van der Waals surface area contributed by atoms with Gasteiger partial charge in [0.25, 0.3) is 0 Å². The molecule has 144 valence electrons. The van der Waals surface area contributed by atoms with E-state index in [-0.39, 0.29) is 0 Å². The zero-order valence-electron chi connectivity index (χ0n) is 16.4. The first-order valence-electron chi connectivity index (χ1n) is 9.96. The van der Waals surface area contributed by atoms with Gasteiger partial charge < -0.3 is 10.2 Å². The Morgan fingerprint density at radius 2 is 2.11 bits per heavy atom. The molecule has 0 saturated carbocycles. The summed E-state index contributed by atoms with van der Waals surface area (Å²) < 4.78 is 1.89. The topological polar surface area (TPSA) is 48.7 Å². The van der Waals surface area contributed by atoms with Crippen LogP contribution in [0.15, 0.2) is 41.7 Å². The zero-order chi connectivity index (χ0) is 18.6. The van der Waals surface area contributed by atoms with Crippen LogP contribution in [0.25, 0.3) is 0 Å². The third-order valence-corrected chi connectivity index (χ3v) is 5.82. The van der Waals surface area contributed by atoms with Gasteiger partial charge in [0.15, 0.2) is 5.96 Å². The highest BCUT2D eigenvalue weighted by molar-refractivity contribution is 5.80. The van der Waals surface area contributed by atoms with E-state index >= 15 is 0 Å². The number of benzene rings is 1. The summed E-state index contributed by atoms with van der Waals surface area (Å²) in [5.41, 5.74) is 4.32. The summed E-state index contributed by atoms with van der Waals surface area (Å²) in [6.07, 6.45) is 6.45. The molecule has 1 unspecified atom stereocenters. The lowest BCUT2D eigenvalue weighted by molar-refractivity contribution is 0.257. The van der Waals surface area contributed by atoms with Crippen molar-refractivity contribution in [3.8, 4) is 0 Å². The van der Waals surface area contributed by atoms with Gasteiger partial charge in [-0.1, -0.05) is 24.3 Å². The van der Waals surface area contributed by atoms with E-state index in [1.54, 1.807) is 0 Å². The molecule has 1 atom stereocenters. The first-order valence-corrected chi connectivity index (χ1v) is 9.96. The maximum atomic E-state index is 4.51. The molecule has 1 fully saturated rings. The normalized spacial score (nSPS) is 20.7. The molecule has 0 radical (unpaired) electrons. The lowest BCUT2D eigenvalue weighted by Crippen LogP contribution is -2.44. The highest BCUT2D eigenvalue weighted by Gasteiger charge is 2.27. The maximum absolute atomic E-state index is 4.51. The Morgan fingerprint density at radius 3 is 2.89 bits per heavy atom. The van der Waals surface area contributed by atoms with Crippen LogP contribution in [0.5, 0.6) is 0 Å². The smallest absolute Gasteiger partial charge is 0.193 e. The maximum Gasteiger partial charge on any atom is 0.193 e. The number of hydrogen-bond donors (Lipinski definition) is 1. The van der Waals surface area contributed by atoms with Gasteiger partial charge in [-0.15, -0.1) is 0 Å². The Bertz CT molecular complexity index is 795. The Kier molecular flexibility index (Phi) is 5.43. The fraction of sp³-hybridized carbons (Fsp3) is 0.524. The second kappa shape index (κ2) is 8.13. The van der Waals surface area contributed by atoms with E-state index in [0.29, 0.717) is 5.92 Å². The minimum atomic E-state index is 0.552. The standard InChI is InChI=1S/C21H30N6/c1-22-21(27-11-8-19(16-27)20-13-24-25(2)14-20)23-9-12-26-10-7-17-5-3-4-6-18(17)15-26/h3-6,13-14,19H,7-12,15-16H2,1-2H3,(H,22,23). The molecule has 0 bridgehead atoms. The molecule has 1 aromatic heterocycles. The summed E-state index contributed by atoms with van der Waals surface area (Å²) in [6.45, 7) is 6.25. The molecule has 6 nitrogen and oxygen atoms in total. The molecule has 1 saturated heterocycles. The summed E-state index contributed by atoms with van der Waals surface area (Å²) in [5, 5.41) is 7.89. The lowest BCUT2D eigenvalue weighted by atomic mass is 10.00. The van der Waals surface area contributed by atoms with Gasteiger partial charge in [0.2, 0.25) is 0 Å². The van der Waals surface area contributed by atoms with E-state index in [0.717, 1.165) is 58.1 Å². The van der Waals surface area contributed by atoms with Crippen molar-refractivity contribution in [2.75, 3.05) is 39.8 Å². The van der Waals surface area contributed by atoms with Gasteiger partial charge >= 0.3 is 0 Å². The van der Waals surface area contributed by atoms with E-state index < -0.39 is 0 Å². The quantitative estimate of drug-likeness (QED) is 0.663. The molecule has 2 aliphatic heterocycles. The molecular formula is C21H30N6. The highest BCUT2D eigenvalue weighted by atomic mass is 15.3. The van der Waals surface area contributed by atoms with Crippen molar-refractivity contribution >= 4 is 5.96 Å². The van der Waals surface area contributed by atoms with Crippen molar-refractivity contribution in [2.45, 2.75) is 25.3 Å². The van der Waals surface area contributed by atoms with Crippen molar-refractivity contribution in [3.63, 3.8) is 0 Å². The number of fused-ring (bicyclic) bond motifs is 1. The van der Waals surface area contributed by atoms with Gasteiger partial charge in [-0.25, -0.2) is 0 Å². The third-order valence-electron chi connectivity index (χ3n) is 5.82. The van der Waals surface area contributed by atoms with Crippen LogP contribution in [0.3, 0.4) is 0 Å². The number of nitrogens with one attached hydrogen (secondary N) is 1. The minimum Gasteiger partial charge on any atom is -0.355 e. The van der Waals surface area contributed by atoms with Crippen LogP contribution in [0.2, 0.25) is 0 Å². The van der Waals surface area contributed by atoms with Crippen LogP contribution in [0.4, 0.5) is 0 Å². The Balaban J connectivity index is 1.25. The Hall–Kier alpha value is -2.34.